The molecule has 0 aliphatic heterocycles. The summed E-state index contributed by atoms with van der Waals surface area (Å²) in [7, 11) is 0. The summed E-state index contributed by atoms with van der Waals surface area (Å²) in [5, 5.41) is 4.05. The number of H-pyrrole nitrogens is 1. The third-order valence-electron chi connectivity index (χ3n) is 4.64. The van der Waals surface area contributed by atoms with Crippen LogP contribution in [0, 0.1) is 6.92 Å². The number of nitrogens with zero attached hydrogens (tertiary/aromatic N) is 2. The zero-order chi connectivity index (χ0) is 18.3. The fourth-order valence-electron chi connectivity index (χ4n) is 3.40. The summed E-state index contributed by atoms with van der Waals surface area (Å²) < 4.78 is 3.02. The lowest BCUT2D eigenvalue weighted by molar-refractivity contribution is -0.115. The maximum atomic E-state index is 12.7. The second kappa shape index (κ2) is 6.61. The molecule has 0 saturated carbocycles. The minimum atomic E-state index is -0.0704. The molecular formula is C20H19BrN4O. The molecule has 26 heavy (non-hydrogen) atoms. The Labute approximate surface area is 159 Å². The quantitative estimate of drug-likeness (QED) is 0.507. The van der Waals surface area contributed by atoms with Crippen molar-refractivity contribution in [2.75, 3.05) is 5.32 Å². The lowest BCUT2D eigenvalue weighted by Crippen LogP contribution is -2.18. The summed E-state index contributed by atoms with van der Waals surface area (Å²) in [5.41, 5.74) is 4.97. The molecule has 0 bridgehead atoms. The number of aryl methyl sites for hydroxylation is 2. The molecule has 0 aliphatic carbocycles. The minimum absolute atomic E-state index is 0.0704. The van der Waals surface area contributed by atoms with Crippen LogP contribution < -0.4 is 5.32 Å². The Bertz CT molecular complexity index is 1130. The Morgan fingerprint density at radius 3 is 2.88 bits per heavy atom. The van der Waals surface area contributed by atoms with Crippen LogP contribution in [0.4, 0.5) is 5.95 Å². The number of hydrogen-bond donors (Lipinski definition) is 2. The lowest BCUT2D eigenvalue weighted by atomic mass is 10.1. The van der Waals surface area contributed by atoms with Crippen molar-refractivity contribution in [1.29, 1.82) is 0 Å². The van der Waals surface area contributed by atoms with E-state index in [-0.39, 0.29) is 5.91 Å². The Morgan fingerprint density at radius 1 is 1.27 bits per heavy atom. The van der Waals surface area contributed by atoms with E-state index in [0.717, 1.165) is 44.2 Å². The van der Waals surface area contributed by atoms with E-state index in [0.29, 0.717) is 12.4 Å². The highest BCUT2D eigenvalue weighted by molar-refractivity contribution is 9.10. The van der Waals surface area contributed by atoms with Crippen molar-refractivity contribution in [3.05, 3.63) is 58.2 Å². The van der Waals surface area contributed by atoms with Crippen LogP contribution in [0.1, 0.15) is 18.2 Å². The highest BCUT2D eigenvalue weighted by Gasteiger charge is 2.16. The van der Waals surface area contributed by atoms with Crippen LogP contribution in [0.5, 0.6) is 0 Å². The molecule has 2 aromatic carbocycles. The number of halogens is 1. The van der Waals surface area contributed by atoms with Crippen LogP contribution in [-0.2, 0) is 17.8 Å². The summed E-state index contributed by atoms with van der Waals surface area (Å²) in [6, 6.07) is 14.0. The van der Waals surface area contributed by atoms with Gasteiger partial charge >= 0.3 is 0 Å². The van der Waals surface area contributed by atoms with Crippen LogP contribution in [0.15, 0.2) is 46.9 Å². The molecule has 0 radical (unpaired) electrons. The number of nitrogens with one attached hydrogen (secondary N) is 2. The normalized spacial score (nSPS) is 11.3. The first-order chi connectivity index (χ1) is 12.6. The first-order valence-corrected chi connectivity index (χ1v) is 9.38. The second-order valence-corrected chi connectivity index (χ2v) is 7.23. The number of carbonyl (C=O) groups excluding carboxylic acids is 1. The molecule has 0 unspecified atom stereocenters. The maximum Gasteiger partial charge on any atom is 0.231 e. The van der Waals surface area contributed by atoms with Crippen molar-refractivity contribution in [2.45, 2.75) is 26.8 Å². The van der Waals surface area contributed by atoms with E-state index in [9.17, 15) is 4.79 Å². The maximum absolute atomic E-state index is 12.7. The molecule has 132 valence electrons. The van der Waals surface area contributed by atoms with Crippen molar-refractivity contribution < 1.29 is 4.79 Å². The minimum Gasteiger partial charge on any atom is -0.358 e. The molecule has 0 saturated heterocycles. The molecule has 4 aromatic rings. The number of aromatic amines is 1. The van der Waals surface area contributed by atoms with E-state index >= 15 is 0 Å². The number of aromatic nitrogens is 3. The average molecular weight is 411 g/mol. The Kier molecular flexibility index (Phi) is 4.28. The van der Waals surface area contributed by atoms with Crippen LogP contribution >= 0.6 is 15.9 Å². The van der Waals surface area contributed by atoms with Crippen LogP contribution in [0.3, 0.4) is 0 Å². The predicted molar refractivity (Wildman–Crippen MR) is 108 cm³/mol. The Hall–Kier alpha value is -2.60. The molecule has 4 rings (SSSR count). The van der Waals surface area contributed by atoms with Gasteiger partial charge in [-0.1, -0.05) is 28.1 Å². The summed E-state index contributed by atoms with van der Waals surface area (Å²) >= 11 is 3.51. The van der Waals surface area contributed by atoms with Gasteiger partial charge in [0.2, 0.25) is 11.9 Å². The lowest BCUT2D eigenvalue weighted by Gasteiger charge is -2.08. The van der Waals surface area contributed by atoms with Crippen molar-refractivity contribution in [1.82, 2.24) is 14.5 Å². The monoisotopic (exact) mass is 410 g/mol. The van der Waals surface area contributed by atoms with Gasteiger partial charge in [-0.15, -0.1) is 0 Å². The SMILES string of the molecule is CCn1c(NC(=O)Cc2c(C)[nH]c3ccc(Br)cc23)nc2ccccc21. The van der Waals surface area contributed by atoms with Crippen molar-refractivity contribution in [3.63, 3.8) is 0 Å². The third kappa shape index (κ3) is 2.90. The molecular weight excluding hydrogens is 392 g/mol. The third-order valence-corrected chi connectivity index (χ3v) is 5.13. The molecule has 2 heterocycles. The summed E-state index contributed by atoms with van der Waals surface area (Å²) in [6.45, 7) is 4.79. The Balaban J connectivity index is 1.64. The Morgan fingerprint density at radius 2 is 2.08 bits per heavy atom. The number of para-hydroxylation sites is 2. The van der Waals surface area contributed by atoms with Gasteiger partial charge in [-0.2, -0.15) is 0 Å². The van der Waals surface area contributed by atoms with E-state index in [1.54, 1.807) is 0 Å². The first-order valence-electron chi connectivity index (χ1n) is 8.58. The topological polar surface area (TPSA) is 62.7 Å². The molecule has 2 N–H and O–H groups in total. The number of benzene rings is 2. The fraction of sp³-hybridized carbons (Fsp3) is 0.200. The zero-order valence-corrected chi connectivity index (χ0v) is 16.2. The van der Waals surface area contributed by atoms with Gasteiger partial charge in [-0.25, -0.2) is 4.98 Å². The highest BCUT2D eigenvalue weighted by atomic mass is 79.9. The van der Waals surface area contributed by atoms with E-state index in [1.807, 2.05) is 60.9 Å². The molecule has 1 amide bonds. The number of fused-ring (bicyclic) bond motifs is 2. The average Bonchev–Trinajstić information content (AvgIpc) is 3.12. The number of amides is 1. The standard InChI is InChI=1S/C20H19BrN4O/c1-3-25-18-7-5-4-6-17(18)23-20(25)24-19(26)11-14-12(2)22-16-9-8-13(21)10-15(14)16/h4-10,22H,3,11H2,1-2H3,(H,23,24,26). The van der Waals surface area contributed by atoms with Gasteiger partial charge in [0, 0.05) is 27.6 Å². The van der Waals surface area contributed by atoms with E-state index < -0.39 is 0 Å². The fourth-order valence-corrected chi connectivity index (χ4v) is 3.76. The highest BCUT2D eigenvalue weighted by Crippen LogP contribution is 2.26. The summed E-state index contributed by atoms with van der Waals surface area (Å²) in [6.07, 6.45) is 0.301. The number of hydrogen-bond acceptors (Lipinski definition) is 2. The molecule has 0 spiro atoms. The van der Waals surface area contributed by atoms with Crippen LogP contribution in [0.25, 0.3) is 21.9 Å². The first kappa shape index (κ1) is 16.8. The second-order valence-electron chi connectivity index (χ2n) is 6.31. The van der Waals surface area contributed by atoms with Crippen molar-refractivity contribution in [2.24, 2.45) is 0 Å². The molecule has 6 heteroatoms. The van der Waals surface area contributed by atoms with Gasteiger partial charge < -0.3 is 9.55 Å². The van der Waals surface area contributed by atoms with Gasteiger partial charge in [0.15, 0.2) is 0 Å². The number of carbonyl (C=O) groups is 1. The van der Waals surface area contributed by atoms with Gasteiger partial charge in [0.25, 0.3) is 0 Å². The van der Waals surface area contributed by atoms with Gasteiger partial charge in [-0.3, -0.25) is 10.1 Å². The van der Waals surface area contributed by atoms with Crippen LogP contribution in [-0.4, -0.2) is 20.4 Å². The summed E-state index contributed by atoms with van der Waals surface area (Å²) in [4.78, 5) is 20.6. The van der Waals surface area contributed by atoms with E-state index in [4.69, 9.17) is 0 Å². The number of rotatable bonds is 4. The molecule has 5 nitrogen and oxygen atoms in total. The smallest absolute Gasteiger partial charge is 0.231 e. The van der Waals surface area contributed by atoms with Gasteiger partial charge in [0.1, 0.15) is 0 Å². The zero-order valence-electron chi connectivity index (χ0n) is 14.6. The van der Waals surface area contributed by atoms with Gasteiger partial charge in [0.05, 0.1) is 17.5 Å². The largest absolute Gasteiger partial charge is 0.358 e. The molecule has 0 fully saturated rings. The van der Waals surface area contributed by atoms with Gasteiger partial charge in [-0.05, 0) is 49.7 Å². The van der Waals surface area contributed by atoms with E-state index in [2.05, 4.69) is 31.2 Å². The predicted octanol–water partition coefficient (Wildman–Crippen LogP) is 4.79. The molecule has 0 aliphatic rings. The number of anilines is 1. The van der Waals surface area contributed by atoms with Crippen molar-refractivity contribution >= 4 is 49.7 Å². The summed E-state index contributed by atoms with van der Waals surface area (Å²) in [5.74, 6) is 0.524. The van der Waals surface area contributed by atoms with E-state index in [1.165, 1.54) is 0 Å². The molecule has 0 atom stereocenters. The number of imidazole rings is 1. The van der Waals surface area contributed by atoms with Crippen LogP contribution in [0.2, 0.25) is 0 Å². The van der Waals surface area contributed by atoms with Crippen molar-refractivity contribution in [3.8, 4) is 0 Å². The molecule has 2 aromatic heterocycles.